The third-order valence-electron chi connectivity index (χ3n) is 15.0. The highest BCUT2D eigenvalue weighted by molar-refractivity contribution is 5.91. The Balaban J connectivity index is 0.948. The molecule has 0 spiro atoms. The maximum atomic E-state index is 17.9. The second kappa shape index (κ2) is 20.5. The van der Waals surface area contributed by atoms with Crippen molar-refractivity contribution in [2.45, 2.75) is 56.7 Å². The van der Waals surface area contributed by atoms with E-state index in [0.29, 0.717) is 62.5 Å². The zero-order chi connectivity index (χ0) is 56.5. The van der Waals surface area contributed by atoms with Gasteiger partial charge in [-0.05, 0) is 105 Å². The molecule has 3 saturated heterocycles. The van der Waals surface area contributed by atoms with E-state index in [0.717, 1.165) is 42.5 Å². The van der Waals surface area contributed by atoms with Crippen LogP contribution < -0.4 is 41.7 Å². The van der Waals surface area contributed by atoms with Crippen molar-refractivity contribution in [3.8, 4) is 22.3 Å². The van der Waals surface area contributed by atoms with Gasteiger partial charge in [0.1, 0.15) is 40.7 Å². The predicted molar refractivity (Wildman–Crippen MR) is 288 cm³/mol. The van der Waals surface area contributed by atoms with E-state index in [4.69, 9.17) is 21.0 Å². The van der Waals surface area contributed by atoms with Gasteiger partial charge >= 0.3 is 18.1 Å². The minimum atomic E-state index is -0.974. The number of urea groups is 3. The lowest BCUT2D eigenvalue weighted by Gasteiger charge is -2.29. The average molecular weight is 1110 g/mol. The summed E-state index contributed by atoms with van der Waals surface area (Å²) in [6.45, 7) is 0.967. The molecule has 3 aliphatic rings. The lowest BCUT2D eigenvalue weighted by Crippen LogP contribution is -2.28. The molecule has 6 N–H and O–H groups in total. The zero-order valence-corrected chi connectivity index (χ0v) is 43.6. The first-order valence-corrected chi connectivity index (χ1v) is 25.9. The van der Waals surface area contributed by atoms with E-state index in [1.165, 1.54) is 56.2 Å². The van der Waals surface area contributed by atoms with Gasteiger partial charge in [-0.25, -0.2) is 55.7 Å². The number of hydrogen-bond acceptors (Lipinski definition) is 12. The number of anilines is 6. The Kier molecular flexibility index (Phi) is 13.2. The number of fused-ring (bicyclic) bond motifs is 3. The Morgan fingerprint density at radius 1 is 0.543 bits per heavy atom. The summed E-state index contributed by atoms with van der Waals surface area (Å²) in [5.41, 5.74) is 5.65. The van der Waals surface area contributed by atoms with E-state index in [1.807, 2.05) is 4.90 Å². The summed E-state index contributed by atoms with van der Waals surface area (Å²) in [5.74, 6) is -3.55. The average Bonchev–Trinajstić information content (AvgIpc) is 4.53. The number of nitrogens with zero attached hydrogens (tertiary/aromatic N) is 13. The smallest absolute Gasteiger partial charge is 0.322 e. The van der Waals surface area contributed by atoms with Crippen LogP contribution in [-0.2, 0) is 0 Å². The summed E-state index contributed by atoms with van der Waals surface area (Å²) in [7, 11) is 4.58. The molecule has 3 aromatic carbocycles. The van der Waals surface area contributed by atoms with E-state index >= 15 is 22.0 Å². The molecule has 9 aromatic rings. The molecule has 0 unspecified atom stereocenters. The number of aromatic nitrogens is 9. The van der Waals surface area contributed by atoms with Gasteiger partial charge in [0.05, 0.1) is 36.7 Å². The highest BCUT2D eigenvalue weighted by atomic mass is 19.1. The van der Waals surface area contributed by atoms with Crippen LogP contribution >= 0.6 is 0 Å². The van der Waals surface area contributed by atoms with Crippen LogP contribution in [0.2, 0.25) is 0 Å². The number of carbonyl (C=O) groups is 3. The molecule has 9 heterocycles. The van der Waals surface area contributed by atoms with Gasteiger partial charge in [-0.15, -0.1) is 15.3 Å². The molecule has 6 amide bonds. The van der Waals surface area contributed by atoms with Gasteiger partial charge in [0.25, 0.3) is 0 Å². The van der Waals surface area contributed by atoms with Crippen LogP contribution in [0.15, 0.2) is 85.3 Å². The number of halogens is 6. The van der Waals surface area contributed by atoms with Gasteiger partial charge in [0.15, 0.2) is 46.0 Å². The molecule has 12 rings (SSSR count). The van der Waals surface area contributed by atoms with E-state index < -0.39 is 71.1 Å². The summed E-state index contributed by atoms with van der Waals surface area (Å²) in [5, 5.41) is 24.6. The molecule has 21 nitrogen and oxygen atoms in total. The number of carbonyl (C=O) groups excluding carboxylic acids is 3. The number of imidazole rings is 3. The number of nitrogens with two attached hydrogens (primary N) is 1. The van der Waals surface area contributed by atoms with Crippen LogP contribution in [0, 0.1) is 34.9 Å². The van der Waals surface area contributed by atoms with Gasteiger partial charge in [-0.1, -0.05) is 0 Å². The zero-order valence-electron chi connectivity index (χ0n) is 43.6. The van der Waals surface area contributed by atoms with Crippen LogP contribution in [0.3, 0.4) is 0 Å². The normalized spacial score (nSPS) is 17.2. The molecular formula is C54H50F6N18O3. The molecule has 27 heteroatoms. The molecule has 3 aliphatic heterocycles. The Bertz CT molecular complexity index is 4020. The van der Waals surface area contributed by atoms with Gasteiger partial charge in [-0.2, -0.15) is 13.5 Å². The van der Waals surface area contributed by atoms with Crippen molar-refractivity contribution in [2.75, 3.05) is 71.4 Å². The fraction of sp³-hybridized carbons (Fsp3) is 0.278. The first kappa shape index (κ1) is 52.0. The van der Waals surface area contributed by atoms with E-state index in [9.17, 15) is 18.8 Å². The summed E-state index contributed by atoms with van der Waals surface area (Å²) in [6, 6.07) is 9.41. The number of primary amides is 1. The van der Waals surface area contributed by atoms with Gasteiger partial charge in [-0.3, -0.25) is 16.0 Å². The maximum Gasteiger partial charge on any atom is 0.322 e. The summed E-state index contributed by atoms with van der Waals surface area (Å²) in [6.07, 6.45) is 6.67. The molecule has 0 bridgehead atoms. The van der Waals surface area contributed by atoms with Crippen LogP contribution in [0.5, 0.6) is 0 Å². The third-order valence-corrected chi connectivity index (χ3v) is 15.0. The van der Waals surface area contributed by atoms with Crippen LogP contribution in [-0.4, -0.2) is 108 Å². The summed E-state index contributed by atoms with van der Waals surface area (Å²) < 4.78 is 102. The van der Waals surface area contributed by atoms with Crippen molar-refractivity contribution >= 4 is 69.9 Å². The molecular weight excluding hydrogens is 1060 g/mol. The lowest BCUT2D eigenvalue weighted by atomic mass is 9.96. The maximum absolute atomic E-state index is 17.9. The van der Waals surface area contributed by atoms with Crippen molar-refractivity contribution in [1.29, 1.82) is 0 Å². The van der Waals surface area contributed by atoms with E-state index in [-0.39, 0.29) is 86.5 Å². The third kappa shape index (κ3) is 9.35. The van der Waals surface area contributed by atoms with Crippen LogP contribution in [0.4, 0.5) is 75.6 Å². The monoisotopic (exact) mass is 1110 g/mol. The number of hydrogen-bond donors (Lipinski definition) is 5. The standard InChI is InChI=1S/C54H50F6N18O3/c1-62-53(80)67-46-26-65-51-33(22-43(71-78(46)51)74-15-4-7-38(74)34-17-27(55)10-11-37(34)58)31-19-29(57)21-36(49(31)60)40-9-6-16-75(40)44-23-32(50-64-25-45(66-52(61)79)77(50)70-44)30-18-28(56)20-35(48(30)59)39-8-5-14-73(39)42-13-12-41-63-24-47(76(41)69-42)68-54(81)72(2)3/h10-13,17-26,38-40H,4-9,14-16H2,1-3H3,(H,68,81)(H3,61,66,79)(H2,62,67,80)/t38-,39-,40-/m1/s1. The number of amides is 6. The molecule has 0 aliphatic carbocycles. The van der Waals surface area contributed by atoms with Gasteiger partial charge in [0.2, 0.25) is 0 Å². The topological polar surface area (TPSA) is 229 Å². The fourth-order valence-electron chi connectivity index (χ4n) is 11.3. The molecule has 0 radical (unpaired) electrons. The summed E-state index contributed by atoms with van der Waals surface area (Å²) >= 11 is 0. The van der Waals surface area contributed by atoms with E-state index in [1.54, 1.807) is 36.0 Å². The van der Waals surface area contributed by atoms with E-state index in [2.05, 4.69) is 36.2 Å². The van der Waals surface area contributed by atoms with Crippen LogP contribution in [0.1, 0.15) is 73.3 Å². The minimum Gasteiger partial charge on any atom is -0.351 e. The largest absolute Gasteiger partial charge is 0.351 e. The highest BCUT2D eigenvalue weighted by Gasteiger charge is 2.37. The highest BCUT2D eigenvalue weighted by Crippen LogP contribution is 2.45. The van der Waals surface area contributed by atoms with Crippen molar-refractivity contribution in [3.05, 3.63) is 137 Å². The van der Waals surface area contributed by atoms with Crippen molar-refractivity contribution in [2.24, 2.45) is 5.73 Å². The van der Waals surface area contributed by atoms with Crippen LogP contribution in [0.25, 0.3) is 39.2 Å². The van der Waals surface area contributed by atoms with Gasteiger partial charge < -0.3 is 30.7 Å². The lowest BCUT2D eigenvalue weighted by molar-refractivity contribution is 0.230. The molecule has 3 fully saturated rings. The van der Waals surface area contributed by atoms with Crippen molar-refractivity contribution < 1.29 is 40.7 Å². The predicted octanol–water partition coefficient (Wildman–Crippen LogP) is 9.34. The molecule has 81 heavy (non-hydrogen) atoms. The Morgan fingerprint density at radius 2 is 1.02 bits per heavy atom. The van der Waals surface area contributed by atoms with Crippen molar-refractivity contribution in [3.63, 3.8) is 0 Å². The Morgan fingerprint density at radius 3 is 1.56 bits per heavy atom. The molecule has 416 valence electrons. The fourth-order valence-corrected chi connectivity index (χ4v) is 11.3. The first-order valence-electron chi connectivity index (χ1n) is 25.9. The quantitative estimate of drug-likeness (QED) is 0.0764. The number of benzene rings is 3. The minimum absolute atomic E-state index is 0.00131. The first-order chi connectivity index (χ1) is 39.0. The van der Waals surface area contributed by atoms with Crippen molar-refractivity contribution in [1.82, 2.24) is 54.0 Å². The molecule has 3 atom stereocenters. The number of nitrogens with one attached hydrogen (secondary N) is 4. The second-order valence-corrected chi connectivity index (χ2v) is 20.1. The summed E-state index contributed by atoms with van der Waals surface area (Å²) in [4.78, 5) is 57.5. The van der Waals surface area contributed by atoms with Gasteiger partial charge in [0, 0.05) is 79.7 Å². The molecule has 6 aromatic heterocycles. The Hall–Kier alpha value is -9.69. The second-order valence-electron chi connectivity index (χ2n) is 20.1. The number of rotatable bonds is 11. The molecule has 0 saturated carbocycles. The SMILES string of the molecule is CNC(=O)Nc1cnc2c(-c3cc(F)cc([C@H]4CCCN4c4cc(-c5cc(F)cc([C@H]6CCCN6c6ccc7ncc(NC(=O)N(C)C)n7n6)c5F)c5ncc(NC(N)=O)n5n4)c3F)cc(N3CCC[C@@H]3c3cc(F)ccc3F)nn12. The Labute approximate surface area is 456 Å².